The lowest BCUT2D eigenvalue weighted by Gasteiger charge is -2.15. The predicted octanol–water partition coefficient (Wildman–Crippen LogP) is 5.14. The van der Waals surface area contributed by atoms with E-state index < -0.39 is 23.9 Å². The molecule has 0 aliphatic carbocycles. The summed E-state index contributed by atoms with van der Waals surface area (Å²) in [6, 6.07) is 8.58. The largest absolute Gasteiger partial charge is 0.573 e. The van der Waals surface area contributed by atoms with Crippen molar-refractivity contribution < 1.29 is 31.1 Å². The molecule has 0 N–H and O–H groups in total. The summed E-state index contributed by atoms with van der Waals surface area (Å²) in [4.78, 5) is 0. The van der Waals surface area contributed by atoms with E-state index in [0.717, 1.165) is 24.3 Å². The van der Waals surface area contributed by atoms with Crippen molar-refractivity contribution >= 4 is 0 Å². The Balaban J connectivity index is 2.57. The minimum atomic E-state index is -5.04. The maximum Gasteiger partial charge on any atom is 0.573 e. The second-order valence-electron chi connectivity index (χ2n) is 4.45. The highest BCUT2D eigenvalue weighted by molar-refractivity contribution is 5.72. The molecule has 2 nitrogen and oxygen atoms in total. The highest BCUT2D eigenvalue weighted by atomic mass is 19.4. The van der Waals surface area contributed by atoms with Crippen molar-refractivity contribution in [1.82, 2.24) is 0 Å². The summed E-state index contributed by atoms with van der Waals surface area (Å²) in [6.07, 6.45) is -9.67. The van der Waals surface area contributed by atoms with Crippen LogP contribution in [0.5, 0.6) is 5.75 Å². The van der Waals surface area contributed by atoms with Gasteiger partial charge in [0.15, 0.2) is 0 Å². The maximum atomic E-state index is 12.7. The number of nitriles is 1. The molecule has 0 atom stereocenters. The second-order valence-corrected chi connectivity index (χ2v) is 4.45. The van der Waals surface area contributed by atoms with Gasteiger partial charge in [0.25, 0.3) is 0 Å². The first-order chi connectivity index (χ1) is 10.6. The van der Waals surface area contributed by atoms with Crippen LogP contribution < -0.4 is 4.74 Å². The van der Waals surface area contributed by atoms with E-state index in [2.05, 4.69) is 4.74 Å². The van der Waals surface area contributed by atoms with Crippen LogP contribution in [0.25, 0.3) is 11.1 Å². The number of alkyl halides is 6. The molecule has 0 amide bonds. The minimum Gasteiger partial charge on any atom is -0.405 e. The number of benzene rings is 2. The van der Waals surface area contributed by atoms with Gasteiger partial charge < -0.3 is 4.74 Å². The molecule has 0 aliphatic rings. The molecule has 0 heterocycles. The molecule has 0 saturated heterocycles. The smallest absolute Gasteiger partial charge is 0.405 e. The number of rotatable bonds is 2. The summed E-state index contributed by atoms with van der Waals surface area (Å²) in [5.41, 5.74) is -1.42. The summed E-state index contributed by atoms with van der Waals surface area (Å²) in [5, 5.41) is 8.74. The zero-order valence-electron chi connectivity index (χ0n) is 11.2. The van der Waals surface area contributed by atoms with E-state index in [1.165, 1.54) is 12.1 Å². The Labute approximate surface area is 126 Å². The third-order valence-electron chi connectivity index (χ3n) is 2.84. The lowest BCUT2D eigenvalue weighted by molar-refractivity contribution is -0.274. The molecule has 0 bridgehead atoms. The van der Waals surface area contributed by atoms with Gasteiger partial charge in [0.1, 0.15) is 5.75 Å². The fraction of sp³-hybridized carbons (Fsp3) is 0.133. The number of hydrogen-bond donors (Lipinski definition) is 0. The van der Waals surface area contributed by atoms with Crippen LogP contribution in [0.2, 0.25) is 0 Å². The number of nitrogens with zero attached hydrogens (tertiary/aromatic N) is 1. The van der Waals surface area contributed by atoms with Crippen molar-refractivity contribution in [3.63, 3.8) is 0 Å². The van der Waals surface area contributed by atoms with Gasteiger partial charge in [-0.05, 0) is 35.9 Å². The molecule has 0 fully saturated rings. The van der Waals surface area contributed by atoms with Gasteiger partial charge in [0.2, 0.25) is 0 Å². The fourth-order valence-corrected chi connectivity index (χ4v) is 1.90. The quantitative estimate of drug-likeness (QED) is 0.714. The maximum absolute atomic E-state index is 12.7. The van der Waals surface area contributed by atoms with E-state index in [4.69, 9.17) is 5.26 Å². The first kappa shape index (κ1) is 16.7. The Bertz CT molecular complexity index is 758. The monoisotopic (exact) mass is 331 g/mol. The Hall–Kier alpha value is -2.69. The van der Waals surface area contributed by atoms with Crippen LogP contribution in [-0.2, 0) is 6.18 Å². The molecule has 0 aliphatic heterocycles. The molecule has 0 aromatic heterocycles. The van der Waals surface area contributed by atoms with E-state index in [1.807, 2.05) is 0 Å². The van der Waals surface area contributed by atoms with E-state index in [9.17, 15) is 26.3 Å². The normalized spacial score (nSPS) is 11.9. The van der Waals surface area contributed by atoms with Gasteiger partial charge in [-0.1, -0.05) is 12.1 Å². The number of halogens is 6. The van der Waals surface area contributed by atoms with Crippen molar-refractivity contribution in [2.24, 2.45) is 0 Å². The number of hydrogen-bond acceptors (Lipinski definition) is 2. The summed E-state index contributed by atoms with van der Waals surface area (Å²) >= 11 is 0. The van der Waals surface area contributed by atoms with Crippen molar-refractivity contribution in [1.29, 1.82) is 5.26 Å². The molecule has 2 aromatic carbocycles. The molecule has 0 unspecified atom stereocenters. The lowest BCUT2D eigenvalue weighted by atomic mass is 10.0. The Kier molecular flexibility index (Phi) is 4.23. The van der Waals surface area contributed by atoms with Crippen LogP contribution in [0.15, 0.2) is 42.5 Å². The summed E-state index contributed by atoms with van der Waals surface area (Å²) in [5.74, 6) is -0.740. The first-order valence-corrected chi connectivity index (χ1v) is 6.08. The first-order valence-electron chi connectivity index (χ1n) is 6.08. The van der Waals surface area contributed by atoms with Crippen molar-refractivity contribution in [3.8, 4) is 22.9 Å². The van der Waals surface area contributed by atoms with Crippen molar-refractivity contribution in [3.05, 3.63) is 53.6 Å². The summed E-state index contributed by atoms with van der Waals surface area (Å²) in [7, 11) is 0. The van der Waals surface area contributed by atoms with Gasteiger partial charge in [-0.2, -0.15) is 18.4 Å². The Morgan fingerprint density at radius 1 is 0.913 bits per heavy atom. The average Bonchev–Trinajstić information content (AvgIpc) is 2.44. The molecule has 0 saturated carbocycles. The van der Waals surface area contributed by atoms with Crippen LogP contribution in [0, 0.1) is 11.3 Å². The molecule has 120 valence electrons. The lowest BCUT2D eigenvalue weighted by Crippen LogP contribution is -2.17. The Morgan fingerprint density at radius 3 is 2.17 bits per heavy atom. The highest BCUT2D eigenvalue weighted by Gasteiger charge is 2.33. The molecule has 23 heavy (non-hydrogen) atoms. The summed E-state index contributed by atoms with van der Waals surface area (Å²) < 4.78 is 79.4. The second kappa shape index (κ2) is 5.83. The molecule has 2 aromatic rings. The van der Waals surface area contributed by atoms with Gasteiger partial charge >= 0.3 is 12.5 Å². The van der Waals surface area contributed by atoms with Crippen LogP contribution >= 0.6 is 0 Å². The summed E-state index contributed by atoms with van der Waals surface area (Å²) in [6.45, 7) is 0. The van der Waals surface area contributed by atoms with Crippen molar-refractivity contribution in [2.45, 2.75) is 12.5 Å². The molecule has 0 radical (unpaired) electrons. The zero-order valence-corrected chi connectivity index (χ0v) is 11.2. The van der Waals surface area contributed by atoms with Crippen LogP contribution in [0.3, 0.4) is 0 Å². The van der Waals surface area contributed by atoms with Gasteiger partial charge in [0, 0.05) is 5.56 Å². The standard InChI is InChI=1S/C15H7F6NO/c16-14(17,18)11-3-1-2-10(7-11)12-5-4-9(8-22)6-13(12)23-15(19,20)21/h1-7H. The topological polar surface area (TPSA) is 33.0 Å². The van der Waals surface area contributed by atoms with Gasteiger partial charge in [0.05, 0.1) is 17.2 Å². The van der Waals surface area contributed by atoms with Crippen LogP contribution in [0.1, 0.15) is 11.1 Å². The molecular formula is C15H7F6NO. The van der Waals surface area contributed by atoms with E-state index in [-0.39, 0.29) is 16.7 Å². The molecule has 0 spiro atoms. The predicted molar refractivity (Wildman–Crippen MR) is 68.3 cm³/mol. The zero-order chi connectivity index (χ0) is 17.3. The van der Waals surface area contributed by atoms with Crippen LogP contribution in [-0.4, -0.2) is 6.36 Å². The highest BCUT2D eigenvalue weighted by Crippen LogP contribution is 2.37. The minimum absolute atomic E-state index is 0.108. The fourth-order valence-electron chi connectivity index (χ4n) is 1.90. The molecule has 8 heteroatoms. The third-order valence-corrected chi connectivity index (χ3v) is 2.84. The third kappa shape index (κ3) is 4.16. The van der Waals surface area contributed by atoms with Gasteiger partial charge in [-0.15, -0.1) is 13.2 Å². The van der Waals surface area contributed by atoms with E-state index in [1.54, 1.807) is 6.07 Å². The van der Waals surface area contributed by atoms with E-state index >= 15 is 0 Å². The van der Waals surface area contributed by atoms with Crippen LogP contribution in [0.4, 0.5) is 26.3 Å². The van der Waals surface area contributed by atoms with Crippen molar-refractivity contribution in [2.75, 3.05) is 0 Å². The SMILES string of the molecule is N#Cc1ccc(-c2cccc(C(F)(F)F)c2)c(OC(F)(F)F)c1. The molecule has 2 rings (SSSR count). The Morgan fingerprint density at radius 2 is 1.61 bits per heavy atom. The van der Waals surface area contributed by atoms with Gasteiger partial charge in [-0.25, -0.2) is 0 Å². The molecular weight excluding hydrogens is 324 g/mol. The van der Waals surface area contributed by atoms with E-state index in [0.29, 0.717) is 6.07 Å². The van der Waals surface area contributed by atoms with Gasteiger partial charge in [-0.3, -0.25) is 0 Å². The number of ether oxygens (including phenoxy) is 1. The average molecular weight is 331 g/mol.